The van der Waals surface area contributed by atoms with Crippen molar-refractivity contribution in [3.05, 3.63) is 27.8 Å². The minimum atomic E-state index is -0.360. The Labute approximate surface area is 155 Å². The molecule has 0 N–H and O–H groups in total. The molecule has 0 bridgehead atoms. The van der Waals surface area contributed by atoms with E-state index in [4.69, 9.17) is 4.74 Å². The number of piperidine rings is 1. The molecule has 2 fully saturated rings. The van der Waals surface area contributed by atoms with E-state index in [2.05, 4.69) is 21.7 Å². The van der Waals surface area contributed by atoms with Gasteiger partial charge < -0.3 is 14.5 Å². The van der Waals surface area contributed by atoms with E-state index in [0.29, 0.717) is 18.4 Å². The Bertz CT molecular complexity index is 636. The van der Waals surface area contributed by atoms with Gasteiger partial charge in [0.25, 0.3) is 0 Å². The molecule has 2 saturated heterocycles. The van der Waals surface area contributed by atoms with Crippen molar-refractivity contribution in [2.75, 3.05) is 57.8 Å². The summed E-state index contributed by atoms with van der Waals surface area (Å²) in [5, 5.41) is 11.3. The van der Waals surface area contributed by atoms with Crippen molar-refractivity contribution < 1.29 is 9.66 Å². The number of benzene rings is 1. The molecule has 3 rings (SSSR count). The average Bonchev–Trinajstić information content (AvgIpc) is 2.64. The minimum Gasteiger partial charge on any atom is -0.487 e. The average molecular weight is 362 g/mol. The molecule has 0 spiro atoms. The van der Waals surface area contributed by atoms with Crippen LogP contribution in [-0.2, 0) is 0 Å². The number of likely N-dealkylation sites (N-methyl/N-ethyl adjacent to an activating group) is 1. The maximum Gasteiger partial charge on any atom is 0.311 e. The fourth-order valence-corrected chi connectivity index (χ4v) is 4.08. The smallest absolute Gasteiger partial charge is 0.311 e. The number of hydrogen-bond donors (Lipinski definition) is 0. The highest BCUT2D eigenvalue weighted by molar-refractivity contribution is 5.64. The fourth-order valence-electron chi connectivity index (χ4n) is 4.08. The van der Waals surface area contributed by atoms with Gasteiger partial charge in [0.2, 0.25) is 0 Å². The van der Waals surface area contributed by atoms with Crippen LogP contribution in [0.5, 0.6) is 5.75 Å². The molecule has 2 heterocycles. The molecule has 1 aromatic carbocycles. The number of nitro groups is 1. The van der Waals surface area contributed by atoms with Crippen molar-refractivity contribution in [3.8, 4) is 5.75 Å². The summed E-state index contributed by atoms with van der Waals surface area (Å²) in [5.74, 6) is 0.374. The third kappa shape index (κ3) is 4.10. The highest BCUT2D eigenvalue weighted by atomic mass is 16.6. The van der Waals surface area contributed by atoms with Crippen molar-refractivity contribution >= 4 is 11.4 Å². The van der Waals surface area contributed by atoms with Gasteiger partial charge in [0.1, 0.15) is 0 Å². The van der Waals surface area contributed by atoms with Crippen molar-refractivity contribution in [3.63, 3.8) is 0 Å². The molecule has 26 heavy (non-hydrogen) atoms. The fraction of sp³-hybridized carbons (Fsp3) is 0.684. The van der Waals surface area contributed by atoms with Crippen LogP contribution in [0.2, 0.25) is 0 Å². The maximum absolute atomic E-state index is 11.3. The number of nitrogens with zero attached hydrogens (tertiary/aromatic N) is 4. The van der Waals surface area contributed by atoms with Gasteiger partial charge >= 0.3 is 5.69 Å². The highest BCUT2D eigenvalue weighted by Gasteiger charge is 2.28. The van der Waals surface area contributed by atoms with E-state index in [1.807, 2.05) is 19.9 Å². The Balaban J connectivity index is 1.69. The van der Waals surface area contributed by atoms with Crippen molar-refractivity contribution in [1.82, 2.24) is 9.80 Å². The van der Waals surface area contributed by atoms with Crippen LogP contribution in [0.15, 0.2) is 12.1 Å². The molecule has 7 nitrogen and oxygen atoms in total. The van der Waals surface area contributed by atoms with Crippen LogP contribution >= 0.6 is 0 Å². The van der Waals surface area contributed by atoms with Crippen LogP contribution < -0.4 is 9.64 Å². The summed E-state index contributed by atoms with van der Waals surface area (Å²) in [4.78, 5) is 18.3. The number of piperazine rings is 1. The zero-order valence-corrected chi connectivity index (χ0v) is 16.1. The summed E-state index contributed by atoms with van der Waals surface area (Å²) in [6, 6.07) is 4.16. The molecule has 2 aliphatic heterocycles. The lowest BCUT2D eigenvalue weighted by atomic mass is 10.0. The Hall–Kier alpha value is -1.86. The van der Waals surface area contributed by atoms with Crippen LogP contribution in [0.3, 0.4) is 0 Å². The molecule has 0 saturated carbocycles. The van der Waals surface area contributed by atoms with E-state index in [-0.39, 0.29) is 10.6 Å². The van der Waals surface area contributed by atoms with E-state index >= 15 is 0 Å². The van der Waals surface area contributed by atoms with Crippen LogP contribution in [-0.4, -0.2) is 73.7 Å². The molecule has 144 valence electrons. The van der Waals surface area contributed by atoms with Gasteiger partial charge in [0.05, 0.1) is 11.5 Å². The van der Waals surface area contributed by atoms with E-state index in [1.54, 1.807) is 6.07 Å². The summed E-state index contributed by atoms with van der Waals surface area (Å²) < 4.78 is 5.53. The van der Waals surface area contributed by atoms with E-state index in [1.165, 1.54) is 0 Å². The molecule has 0 unspecified atom stereocenters. The predicted molar refractivity (Wildman–Crippen MR) is 103 cm³/mol. The summed E-state index contributed by atoms with van der Waals surface area (Å²) in [7, 11) is 2.19. The molecule has 1 aromatic rings. The maximum atomic E-state index is 11.3. The highest BCUT2D eigenvalue weighted by Crippen LogP contribution is 2.36. The summed E-state index contributed by atoms with van der Waals surface area (Å²) in [6.07, 6.45) is 2.29. The largest absolute Gasteiger partial charge is 0.487 e. The second-order valence-corrected chi connectivity index (χ2v) is 7.35. The SMILES string of the molecule is CCOc1cc(N2CCC(N3CCN(C)CC3)CC2)c(C)cc1[N+](=O)[O-]. The molecule has 0 atom stereocenters. The lowest BCUT2D eigenvalue weighted by Crippen LogP contribution is -2.52. The van der Waals surface area contributed by atoms with Gasteiger partial charge in [0.15, 0.2) is 5.75 Å². The van der Waals surface area contributed by atoms with Gasteiger partial charge in [0, 0.05) is 63.1 Å². The zero-order chi connectivity index (χ0) is 18.7. The standard InChI is InChI=1S/C19H30N4O3/c1-4-26-19-14-17(15(2)13-18(19)23(24)25)22-7-5-16(6-8-22)21-11-9-20(3)10-12-21/h13-14,16H,4-12H2,1-3H3. The van der Waals surface area contributed by atoms with Crippen LogP contribution in [0.1, 0.15) is 25.3 Å². The lowest BCUT2D eigenvalue weighted by molar-refractivity contribution is -0.385. The van der Waals surface area contributed by atoms with Gasteiger partial charge in [-0.05, 0) is 39.3 Å². The first-order chi connectivity index (χ1) is 12.5. The normalized spacial score (nSPS) is 20.3. The van der Waals surface area contributed by atoms with Crippen LogP contribution in [0.4, 0.5) is 11.4 Å². The Kier molecular flexibility index (Phi) is 5.98. The minimum absolute atomic E-state index is 0.0559. The second kappa shape index (κ2) is 8.22. The monoisotopic (exact) mass is 362 g/mol. The first-order valence-corrected chi connectivity index (χ1v) is 9.59. The third-order valence-corrected chi connectivity index (χ3v) is 5.63. The Morgan fingerprint density at radius 1 is 1.15 bits per heavy atom. The quantitative estimate of drug-likeness (QED) is 0.592. The van der Waals surface area contributed by atoms with Gasteiger partial charge in [-0.2, -0.15) is 0 Å². The van der Waals surface area contributed by atoms with Crippen molar-refractivity contribution in [2.24, 2.45) is 0 Å². The number of anilines is 1. The molecular formula is C19H30N4O3. The molecule has 0 aromatic heterocycles. The van der Waals surface area contributed by atoms with Crippen molar-refractivity contribution in [1.29, 1.82) is 0 Å². The summed E-state index contributed by atoms with van der Waals surface area (Å²) >= 11 is 0. The van der Waals surface area contributed by atoms with Gasteiger partial charge in [-0.1, -0.05) is 0 Å². The molecule has 0 aliphatic carbocycles. The topological polar surface area (TPSA) is 62.1 Å². The number of hydrogen-bond acceptors (Lipinski definition) is 6. The second-order valence-electron chi connectivity index (χ2n) is 7.35. The molecule has 0 radical (unpaired) electrons. The first kappa shape index (κ1) is 18.9. The van der Waals surface area contributed by atoms with E-state index in [0.717, 1.165) is 63.4 Å². The summed E-state index contributed by atoms with van der Waals surface area (Å²) in [6.45, 7) is 10.8. The van der Waals surface area contributed by atoms with Crippen LogP contribution in [0, 0.1) is 17.0 Å². The Morgan fingerprint density at radius 2 is 1.81 bits per heavy atom. The number of rotatable bonds is 5. The van der Waals surface area contributed by atoms with Gasteiger partial charge in [-0.25, -0.2) is 0 Å². The summed E-state index contributed by atoms with van der Waals surface area (Å²) in [5.41, 5.74) is 2.06. The number of ether oxygens (including phenoxy) is 1. The number of aryl methyl sites for hydroxylation is 1. The van der Waals surface area contributed by atoms with Crippen LogP contribution in [0.25, 0.3) is 0 Å². The first-order valence-electron chi connectivity index (χ1n) is 9.59. The molecule has 2 aliphatic rings. The lowest BCUT2D eigenvalue weighted by Gasteiger charge is -2.42. The third-order valence-electron chi connectivity index (χ3n) is 5.63. The van der Waals surface area contributed by atoms with Gasteiger partial charge in [-0.3, -0.25) is 15.0 Å². The van der Waals surface area contributed by atoms with Gasteiger partial charge in [-0.15, -0.1) is 0 Å². The number of nitro benzene ring substituents is 1. The van der Waals surface area contributed by atoms with E-state index in [9.17, 15) is 10.1 Å². The predicted octanol–water partition coefficient (Wildman–Crippen LogP) is 2.52. The van der Waals surface area contributed by atoms with Crippen molar-refractivity contribution in [2.45, 2.75) is 32.7 Å². The molecule has 7 heteroatoms. The molecule has 0 amide bonds. The van der Waals surface area contributed by atoms with E-state index < -0.39 is 0 Å². The zero-order valence-electron chi connectivity index (χ0n) is 16.1. The molecular weight excluding hydrogens is 332 g/mol. The Morgan fingerprint density at radius 3 is 2.38 bits per heavy atom.